The fourth-order valence-corrected chi connectivity index (χ4v) is 2.62. The molecular formula is C16H26N2O. The summed E-state index contributed by atoms with van der Waals surface area (Å²) in [6, 6.07) is 5.91. The molecule has 0 saturated heterocycles. The monoisotopic (exact) mass is 262 g/mol. The second kappa shape index (κ2) is 5.04. The number of hydrogen-bond donors (Lipinski definition) is 3. The first-order valence-electron chi connectivity index (χ1n) is 7.12. The van der Waals surface area contributed by atoms with E-state index in [2.05, 4.69) is 19.2 Å². The largest absolute Gasteiger partial charge is 0.399 e. The van der Waals surface area contributed by atoms with E-state index in [0.29, 0.717) is 12.0 Å². The summed E-state index contributed by atoms with van der Waals surface area (Å²) < 4.78 is 0. The number of nitrogen functional groups attached to an aromatic ring is 1. The Hall–Kier alpha value is -1.22. The first-order chi connectivity index (χ1) is 8.80. The molecule has 4 N–H and O–H groups in total. The van der Waals surface area contributed by atoms with Crippen LogP contribution in [0.3, 0.4) is 0 Å². The smallest absolute Gasteiger partial charge is 0.0819 e. The Morgan fingerprint density at radius 1 is 1.21 bits per heavy atom. The highest BCUT2D eigenvalue weighted by Crippen LogP contribution is 2.40. The summed E-state index contributed by atoms with van der Waals surface area (Å²) in [4.78, 5) is 0. The third-order valence-electron chi connectivity index (χ3n) is 4.43. The van der Waals surface area contributed by atoms with Gasteiger partial charge in [-0.25, -0.2) is 0 Å². The van der Waals surface area contributed by atoms with Gasteiger partial charge >= 0.3 is 0 Å². The maximum atomic E-state index is 10.6. The minimum Gasteiger partial charge on any atom is -0.399 e. The van der Waals surface area contributed by atoms with Gasteiger partial charge in [0.1, 0.15) is 0 Å². The number of nitrogens with one attached hydrogen (secondary N) is 1. The van der Waals surface area contributed by atoms with Crippen LogP contribution in [0.2, 0.25) is 0 Å². The molecule has 0 radical (unpaired) electrons. The van der Waals surface area contributed by atoms with Crippen molar-refractivity contribution in [3.05, 3.63) is 23.8 Å². The van der Waals surface area contributed by atoms with Crippen molar-refractivity contribution in [2.24, 2.45) is 5.41 Å². The molecule has 0 spiro atoms. The van der Waals surface area contributed by atoms with Gasteiger partial charge in [0, 0.05) is 17.9 Å². The molecule has 1 fully saturated rings. The predicted octanol–water partition coefficient (Wildman–Crippen LogP) is 3.32. The zero-order chi connectivity index (χ0) is 14.1. The summed E-state index contributed by atoms with van der Waals surface area (Å²) in [7, 11) is 0. The molecule has 19 heavy (non-hydrogen) atoms. The number of hydrogen-bond acceptors (Lipinski definition) is 3. The Bertz CT molecular complexity index is 444. The summed E-state index contributed by atoms with van der Waals surface area (Å²) in [5, 5.41) is 13.9. The number of aryl methyl sites for hydroxylation is 1. The summed E-state index contributed by atoms with van der Waals surface area (Å²) in [6.45, 7) is 7.18. The van der Waals surface area contributed by atoms with E-state index >= 15 is 0 Å². The Kier molecular flexibility index (Phi) is 3.77. The Balaban J connectivity index is 1.93. The average molecular weight is 262 g/mol. The van der Waals surface area contributed by atoms with E-state index in [1.54, 1.807) is 0 Å². The van der Waals surface area contributed by atoms with Gasteiger partial charge < -0.3 is 16.2 Å². The lowest BCUT2D eigenvalue weighted by atomic mass is 9.71. The molecule has 1 aliphatic rings. The first kappa shape index (κ1) is 14.2. The zero-order valence-electron chi connectivity index (χ0n) is 12.3. The minimum atomic E-state index is -0.565. The fourth-order valence-electron chi connectivity index (χ4n) is 2.62. The Morgan fingerprint density at radius 3 is 2.42 bits per heavy atom. The van der Waals surface area contributed by atoms with Gasteiger partial charge in [-0.2, -0.15) is 0 Å². The van der Waals surface area contributed by atoms with Crippen molar-refractivity contribution in [1.82, 2.24) is 0 Å². The van der Waals surface area contributed by atoms with Crippen LogP contribution in [-0.2, 0) is 0 Å². The first-order valence-corrected chi connectivity index (χ1v) is 7.12. The van der Waals surface area contributed by atoms with Gasteiger partial charge in [0.15, 0.2) is 0 Å². The van der Waals surface area contributed by atoms with Crippen LogP contribution in [0.15, 0.2) is 18.2 Å². The molecule has 0 aliphatic heterocycles. The highest BCUT2D eigenvalue weighted by Gasteiger charge is 2.36. The predicted molar refractivity (Wildman–Crippen MR) is 81.3 cm³/mol. The Labute approximate surface area is 116 Å². The van der Waals surface area contributed by atoms with E-state index in [9.17, 15) is 5.11 Å². The molecular weight excluding hydrogens is 236 g/mol. The van der Waals surface area contributed by atoms with Crippen molar-refractivity contribution in [2.45, 2.75) is 52.1 Å². The van der Waals surface area contributed by atoms with Gasteiger partial charge in [-0.15, -0.1) is 0 Å². The molecule has 0 amide bonds. The van der Waals surface area contributed by atoms with E-state index in [4.69, 9.17) is 5.73 Å². The molecule has 1 aliphatic carbocycles. The SMILES string of the molecule is Cc1cc(NCC2(O)CCC(C)(C)CC2)ccc1N. The van der Waals surface area contributed by atoms with Crippen molar-refractivity contribution in [1.29, 1.82) is 0 Å². The lowest BCUT2D eigenvalue weighted by Gasteiger charge is -2.40. The quantitative estimate of drug-likeness (QED) is 0.732. The van der Waals surface area contributed by atoms with E-state index < -0.39 is 5.60 Å². The van der Waals surface area contributed by atoms with Crippen LogP contribution >= 0.6 is 0 Å². The average Bonchev–Trinajstić information content (AvgIpc) is 2.36. The van der Waals surface area contributed by atoms with E-state index in [1.165, 1.54) is 0 Å². The maximum absolute atomic E-state index is 10.6. The van der Waals surface area contributed by atoms with Gasteiger partial charge in [0.25, 0.3) is 0 Å². The number of aliphatic hydroxyl groups is 1. The number of rotatable bonds is 3. The molecule has 3 nitrogen and oxygen atoms in total. The molecule has 1 aromatic carbocycles. The van der Waals surface area contributed by atoms with Gasteiger partial charge in [-0.1, -0.05) is 13.8 Å². The van der Waals surface area contributed by atoms with Crippen LogP contribution < -0.4 is 11.1 Å². The summed E-state index contributed by atoms with van der Waals surface area (Å²) in [5.74, 6) is 0. The van der Waals surface area contributed by atoms with Crippen molar-refractivity contribution in [2.75, 3.05) is 17.6 Å². The summed E-state index contributed by atoms with van der Waals surface area (Å²) >= 11 is 0. The van der Waals surface area contributed by atoms with Crippen molar-refractivity contribution < 1.29 is 5.11 Å². The lowest BCUT2D eigenvalue weighted by Crippen LogP contribution is -2.42. The van der Waals surface area contributed by atoms with Gasteiger partial charge in [-0.05, 0) is 61.8 Å². The fraction of sp³-hybridized carbons (Fsp3) is 0.625. The molecule has 106 valence electrons. The molecule has 0 atom stereocenters. The molecule has 0 aromatic heterocycles. The normalized spacial score (nSPS) is 21.1. The van der Waals surface area contributed by atoms with Gasteiger partial charge in [-0.3, -0.25) is 0 Å². The van der Waals surface area contributed by atoms with Crippen molar-refractivity contribution in [3.63, 3.8) is 0 Å². The van der Waals surface area contributed by atoms with E-state index in [0.717, 1.165) is 42.6 Å². The third kappa shape index (κ3) is 3.63. The number of benzene rings is 1. The number of anilines is 2. The maximum Gasteiger partial charge on any atom is 0.0819 e. The molecule has 1 saturated carbocycles. The second-order valence-electron chi connectivity index (χ2n) is 6.81. The van der Waals surface area contributed by atoms with Gasteiger partial charge in [0.2, 0.25) is 0 Å². The highest BCUT2D eigenvalue weighted by atomic mass is 16.3. The molecule has 2 rings (SSSR count). The molecule has 0 unspecified atom stereocenters. The minimum absolute atomic E-state index is 0.379. The topological polar surface area (TPSA) is 58.3 Å². The molecule has 3 heteroatoms. The Morgan fingerprint density at radius 2 is 1.84 bits per heavy atom. The molecule has 0 bridgehead atoms. The van der Waals surface area contributed by atoms with Crippen LogP contribution in [-0.4, -0.2) is 17.3 Å². The highest BCUT2D eigenvalue weighted by molar-refractivity contribution is 5.56. The lowest BCUT2D eigenvalue weighted by molar-refractivity contribution is -0.0145. The van der Waals surface area contributed by atoms with Gasteiger partial charge in [0.05, 0.1) is 5.60 Å². The van der Waals surface area contributed by atoms with Crippen LogP contribution in [0.25, 0.3) is 0 Å². The van der Waals surface area contributed by atoms with Crippen LogP contribution in [0, 0.1) is 12.3 Å². The van der Waals surface area contributed by atoms with E-state index in [-0.39, 0.29) is 0 Å². The molecule has 1 aromatic rings. The van der Waals surface area contributed by atoms with Crippen LogP contribution in [0.1, 0.15) is 45.1 Å². The third-order valence-corrected chi connectivity index (χ3v) is 4.43. The second-order valence-corrected chi connectivity index (χ2v) is 6.81. The van der Waals surface area contributed by atoms with Crippen molar-refractivity contribution >= 4 is 11.4 Å². The standard InChI is InChI=1S/C16H26N2O/c1-12-10-13(4-5-14(12)17)18-11-16(19)8-6-15(2,3)7-9-16/h4-5,10,18-19H,6-9,11,17H2,1-3H3. The van der Waals surface area contributed by atoms with Crippen LogP contribution in [0.5, 0.6) is 0 Å². The summed E-state index contributed by atoms with van der Waals surface area (Å²) in [5.41, 5.74) is 8.53. The summed E-state index contributed by atoms with van der Waals surface area (Å²) in [6.07, 6.45) is 3.93. The zero-order valence-corrected chi connectivity index (χ0v) is 12.3. The molecule has 0 heterocycles. The van der Waals surface area contributed by atoms with E-state index in [1.807, 2.05) is 25.1 Å². The number of nitrogens with two attached hydrogens (primary N) is 1. The van der Waals surface area contributed by atoms with Crippen molar-refractivity contribution in [3.8, 4) is 0 Å². The van der Waals surface area contributed by atoms with Crippen LogP contribution in [0.4, 0.5) is 11.4 Å².